The Kier molecular flexibility index (Phi) is 3.66. The van der Waals surface area contributed by atoms with Crippen LogP contribution in [0.15, 0.2) is 24.3 Å². The molecule has 2 aliphatic rings. The lowest BCUT2D eigenvalue weighted by molar-refractivity contribution is -0.137. The normalized spacial score (nSPS) is 28.6. The molecule has 20 heavy (non-hydrogen) atoms. The lowest BCUT2D eigenvalue weighted by Gasteiger charge is -2.37. The minimum atomic E-state index is -0.214. The van der Waals surface area contributed by atoms with Crippen LogP contribution in [0, 0.1) is 0 Å². The smallest absolute Gasteiger partial charge is 0.223 e. The summed E-state index contributed by atoms with van der Waals surface area (Å²) in [6, 6.07) is 8.25. The molecule has 1 amide bonds. The van der Waals surface area contributed by atoms with Crippen LogP contribution in [-0.2, 0) is 11.2 Å². The maximum Gasteiger partial charge on any atom is 0.223 e. The van der Waals surface area contributed by atoms with Crippen LogP contribution in [0.4, 0.5) is 5.69 Å². The molecule has 2 aliphatic heterocycles. The van der Waals surface area contributed by atoms with Gasteiger partial charge in [0.1, 0.15) is 0 Å². The third kappa shape index (κ3) is 2.66. The Morgan fingerprint density at radius 1 is 1.20 bits per heavy atom. The molecule has 0 saturated carbocycles. The van der Waals surface area contributed by atoms with E-state index in [9.17, 15) is 9.90 Å². The quantitative estimate of drug-likeness (QED) is 0.825. The molecule has 2 bridgehead atoms. The average Bonchev–Trinajstić information content (AvgIpc) is 2.70. The summed E-state index contributed by atoms with van der Waals surface area (Å²) in [7, 11) is 0. The van der Waals surface area contributed by atoms with Crippen molar-refractivity contribution < 1.29 is 9.90 Å². The Morgan fingerprint density at radius 3 is 2.40 bits per heavy atom. The van der Waals surface area contributed by atoms with E-state index >= 15 is 0 Å². The van der Waals surface area contributed by atoms with E-state index in [-0.39, 0.29) is 24.1 Å². The van der Waals surface area contributed by atoms with Crippen molar-refractivity contribution in [1.82, 2.24) is 4.90 Å². The highest BCUT2D eigenvalue weighted by Gasteiger charge is 2.42. The SMILES string of the molecule is Nc1ccc(CCC(=O)N2C3CCC2CC(O)C3)cc1. The Bertz CT molecular complexity index is 472. The summed E-state index contributed by atoms with van der Waals surface area (Å²) in [5.41, 5.74) is 7.56. The standard InChI is InChI=1S/C16H22N2O2/c17-12-4-1-11(2-5-12)3-8-16(20)18-13-6-7-14(18)10-15(19)9-13/h1-2,4-5,13-15,19H,3,6-10,17H2. The number of aryl methyl sites for hydroxylation is 1. The van der Waals surface area contributed by atoms with E-state index < -0.39 is 0 Å². The van der Waals surface area contributed by atoms with Crippen molar-refractivity contribution in [3.63, 3.8) is 0 Å². The summed E-state index contributed by atoms with van der Waals surface area (Å²) in [6.45, 7) is 0. The number of nitrogens with two attached hydrogens (primary N) is 1. The van der Waals surface area contributed by atoms with Crippen molar-refractivity contribution >= 4 is 11.6 Å². The molecule has 0 aromatic heterocycles. The fraction of sp³-hybridized carbons (Fsp3) is 0.562. The number of hydrogen-bond acceptors (Lipinski definition) is 3. The van der Waals surface area contributed by atoms with Gasteiger partial charge >= 0.3 is 0 Å². The number of rotatable bonds is 3. The molecular weight excluding hydrogens is 252 g/mol. The van der Waals surface area contributed by atoms with Gasteiger partial charge in [-0.1, -0.05) is 12.1 Å². The third-order valence-corrected chi connectivity index (χ3v) is 4.60. The van der Waals surface area contributed by atoms with E-state index in [0.717, 1.165) is 43.4 Å². The van der Waals surface area contributed by atoms with Crippen LogP contribution in [0.5, 0.6) is 0 Å². The maximum absolute atomic E-state index is 12.4. The zero-order chi connectivity index (χ0) is 14.1. The highest BCUT2D eigenvalue weighted by molar-refractivity contribution is 5.77. The van der Waals surface area contributed by atoms with E-state index in [1.807, 2.05) is 29.2 Å². The highest BCUT2D eigenvalue weighted by atomic mass is 16.3. The summed E-state index contributed by atoms with van der Waals surface area (Å²) in [5, 5.41) is 9.77. The predicted octanol–water partition coefficient (Wildman–Crippen LogP) is 1.72. The number of nitrogens with zero attached hydrogens (tertiary/aromatic N) is 1. The number of piperidine rings is 1. The molecule has 2 saturated heterocycles. The van der Waals surface area contributed by atoms with Crippen LogP contribution in [0.2, 0.25) is 0 Å². The molecule has 4 heteroatoms. The average molecular weight is 274 g/mol. The van der Waals surface area contributed by atoms with Crippen LogP contribution in [0.3, 0.4) is 0 Å². The summed E-state index contributed by atoms with van der Waals surface area (Å²) in [4.78, 5) is 14.5. The zero-order valence-electron chi connectivity index (χ0n) is 11.7. The van der Waals surface area contributed by atoms with E-state index in [1.165, 1.54) is 0 Å². The highest BCUT2D eigenvalue weighted by Crippen LogP contribution is 2.36. The minimum absolute atomic E-state index is 0.214. The molecule has 1 aromatic carbocycles. The molecule has 0 radical (unpaired) electrons. The molecule has 108 valence electrons. The van der Waals surface area contributed by atoms with Crippen LogP contribution in [-0.4, -0.2) is 34.1 Å². The number of aliphatic hydroxyl groups excluding tert-OH is 1. The van der Waals surface area contributed by atoms with Crippen molar-refractivity contribution in [3.05, 3.63) is 29.8 Å². The number of aliphatic hydroxyl groups is 1. The van der Waals surface area contributed by atoms with Gasteiger partial charge in [0.2, 0.25) is 5.91 Å². The second-order valence-corrected chi connectivity index (χ2v) is 6.05. The number of nitrogen functional groups attached to an aromatic ring is 1. The fourth-order valence-corrected chi connectivity index (χ4v) is 3.62. The van der Waals surface area contributed by atoms with Crippen molar-refractivity contribution in [2.45, 2.75) is 56.7 Å². The van der Waals surface area contributed by atoms with Gasteiger partial charge in [-0.15, -0.1) is 0 Å². The first kappa shape index (κ1) is 13.4. The number of amides is 1. The van der Waals surface area contributed by atoms with Gasteiger partial charge in [0.25, 0.3) is 0 Å². The van der Waals surface area contributed by atoms with Crippen LogP contribution in [0.1, 0.15) is 37.7 Å². The van der Waals surface area contributed by atoms with Gasteiger partial charge in [0.15, 0.2) is 0 Å². The lowest BCUT2D eigenvalue weighted by atomic mass is 9.99. The molecule has 0 aliphatic carbocycles. The predicted molar refractivity (Wildman–Crippen MR) is 78.1 cm³/mol. The van der Waals surface area contributed by atoms with Gasteiger partial charge in [0.05, 0.1) is 6.10 Å². The summed E-state index contributed by atoms with van der Waals surface area (Å²) in [5.74, 6) is 0.237. The molecule has 4 nitrogen and oxygen atoms in total. The Morgan fingerprint density at radius 2 is 1.80 bits per heavy atom. The maximum atomic E-state index is 12.4. The van der Waals surface area contributed by atoms with Gasteiger partial charge in [-0.25, -0.2) is 0 Å². The van der Waals surface area contributed by atoms with Gasteiger partial charge < -0.3 is 15.7 Å². The van der Waals surface area contributed by atoms with Gasteiger partial charge in [-0.2, -0.15) is 0 Å². The molecular formula is C16H22N2O2. The first-order chi connectivity index (χ1) is 9.63. The van der Waals surface area contributed by atoms with E-state index in [2.05, 4.69) is 0 Å². The number of hydrogen-bond donors (Lipinski definition) is 2. The van der Waals surface area contributed by atoms with Crippen molar-refractivity contribution in [3.8, 4) is 0 Å². The molecule has 3 rings (SSSR count). The summed E-state index contributed by atoms with van der Waals surface area (Å²) in [6.07, 6.45) is 4.71. The monoisotopic (exact) mass is 274 g/mol. The van der Waals surface area contributed by atoms with E-state index in [4.69, 9.17) is 5.73 Å². The molecule has 2 fully saturated rings. The molecule has 2 heterocycles. The number of carbonyl (C=O) groups excluding carboxylic acids is 1. The number of benzene rings is 1. The zero-order valence-corrected chi connectivity index (χ0v) is 11.7. The Labute approximate surface area is 119 Å². The van der Waals surface area contributed by atoms with Gasteiger partial charge in [-0.3, -0.25) is 4.79 Å². The van der Waals surface area contributed by atoms with Gasteiger partial charge in [-0.05, 0) is 49.8 Å². The van der Waals surface area contributed by atoms with Crippen LogP contribution >= 0.6 is 0 Å². The first-order valence-corrected chi connectivity index (χ1v) is 7.47. The molecule has 2 unspecified atom stereocenters. The Balaban J connectivity index is 1.58. The number of fused-ring (bicyclic) bond motifs is 2. The van der Waals surface area contributed by atoms with Crippen molar-refractivity contribution in [2.75, 3.05) is 5.73 Å². The van der Waals surface area contributed by atoms with Crippen molar-refractivity contribution in [1.29, 1.82) is 0 Å². The topological polar surface area (TPSA) is 66.6 Å². The molecule has 1 aromatic rings. The van der Waals surface area contributed by atoms with Gasteiger partial charge in [0, 0.05) is 24.2 Å². The second-order valence-electron chi connectivity index (χ2n) is 6.05. The van der Waals surface area contributed by atoms with E-state index in [0.29, 0.717) is 6.42 Å². The minimum Gasteiger partial charge on any atom is -0.399 e. The molecule has 0 spiro atoms. The number of anilines is 1. The molecule has 2 atom stereocenters. The Hall–Kier alpha value is -1.55. The van der Waals surface area contributed by atoms with E-state index in [1.54, 1.807) is 0 Å². The lowest BCUT2D eigenvalue weighted by Crippen LogP contribution is -2.48. The largest absolute Gasteiger partial charge is 0.399 e. The third-order valence-electron chi connectivity index (χ3n) is 4.60. The fourth-order valence-electron chi connectivity index (χ4n) is 3.62. The summed E-state index contributed by atoms with van der Waals surface area (Å²) >= 11 is 0. The summed E-state index contributed by atoms with van der Waals surface area (Å²) < 4.78 is 0. The van der Waals surface area contributed by atoms with Crippen molar-refractivity contribution in [2.24, 2.45) is 0 Å². The molecule has 3 N–H and O–H groups in total. The second kappa shape index (κ2) is 5.44. The van der Waals surface area contributed by atoms with Crippen LogP contribution < -0.4 is 5.73 Å². The van der Waals surface area contributed by atoms with Crippen LogP contribution in [0.25, 0.3) is 0 Å². The number of carbonyl (C=O) groups is 1. The first-order valence-electron chi connectivity index (χ1n) is 7.47.